The van der Waals surface area contributed by atoms with E-state index in [1.807, 2.05) is 24.3 Å². The van der Waals surface area contributed by atoms with Gasteiger partial charge < -0.3 is 15.0 Å². The number of halogens is 1. The average Bonchev–Trinajstić information content (AvgIpc) is 3.18. The van der Waals surface area contributed by atoms with Crippen LogP contribution in [0.4, 0.5) is 4.79 Å². The van der Waals surface area contributed by atoms with Crippen LogP contribution < -0.4 is 5.32 Å². The van der Waals surface area contributed by atoms with Gasteiger partial charge in [0.2, 0.25) is 0 Å². The summed E-state index contributed by atoms with van der Waals surface area (Å²) in [5.41, 5.74) is 0. The molecule has 5 nitrogen and oxygen atoms in total. The van der Waals surface area contributed by atoms with Gasteiger partial charge in [-0.25, -0.2) is 4.79 Å². The Labute approximate surface area is 155 Å². The number of benzene rings is 1. The summed E-state index contributed by atoms with van der Waals surface area (Å²) in [5, 5.41) is 4.59. The number of thiophene rings is 1. The molecule has 7 heteroatoms. The van der Waals surface area contributed by atoms with Crippen LogP contribution in [0.1, 0.15) is 23.0 Å². The number of carbonyl (C=O) groups excluding carboxylic acids is 2. The molecule has 132 valence electrons. The van der Waals surface area contributed by atoms with E-state index in [1.54, 1.807) is 11.8 Å². The molecule has 1 aliphatic rings. The number of nitrogens with one attached hydrogen (secondary N) is 1. The monoisotopic (exact) mass is 378 g/mol. The summed E-state index contributed by atoms with van der Waals surface area (Å²) in [5.74, 6) is 0.511. The lowest BCUT2D eigenvalue weighted by Crippen LogP contribution is -2.32. The van der Waals surface area contributed by atoms with Gasteiger partial charge in [-0.05, 0) is 48.9 Å². The Kier molecular flexibility index (Phi) is 5.30. The van der Waals surface area contributed by atoms with Crippen molar-refractivity contribution in [2.75, 3.05) is 19.6 Å². The first-order chi connectivity index (χ1) is 11.9. The van der Waals surface area contributed by atoms with Gasteiger partial charge in [-0.1, -0.05) is 18.2 Å². The third-order valence-electron chi connectivity index (χ3n) is 4.06. The lowest BCUT2D eigenvalue weighted by atomic mass is 10.1. The molecule has 2 heterocycles. The summed E-state index contributed by atoms with van der Waals surface area (Å²) in [4.78, 5) is 26.5. The van der Waals surface area contributed by atoms with Crippen molar-refractivity contribution in [3.8, 4) is 0 Å². The number of fused-ring (bicyclic) bond motifs is 1. The van der Waals surface area contributed by atoms with E-state index in [0.717, 1.165) is 16.5 Å². The van der Waals surface area contributed by atoms with Gasteiger partial charge in [0.1, 0.15) is 0 Å². The Morgan fingerprint density at radius 3 is 3.00 bits per heavy atom. The van der Waals surface area contributed by atoms with Crippen LogP contribution in [-0.2, 0) is 4.74 Å². The highest BCUT2D eigenvalue weighted by Gasteiger charge is 2.27. The Hall–Kier alpha value is -2.05. The minimum absolute atomic E-state index is 0.0970. The van der Waals surface area contributed by atoms with Crippen LogP contribution in [0.3, 0.4) is 0 Å². The number of ether oxygens (including phenoxy) is 1. The second kappa shape index (κ2) is 7.45. The van der Waals surface area contributed by atoms with Crippen molar-refractivity contribution in [1.82, 2.24) is 10.2 Å². The van der Waals surface area contributed by atoms with Crippen molar-refractivity contribution in [3.63, 3.8) is 0 Å². The maximum absolute atomic E-state index is 12.4. The topological polar surface area (TPSA) is 58.6 Å². The number of hydrogen-bond acceptors (Lipinski definition) is 4. The van der Waals surface area contributed by atoms with Gasteiger partial charge in [-0.2, -0.15) is 0 Å². The highest BCUT2D eigenvalue weighted by molar-refractivity contribution is 7.20. The van der Waals surface area contributed by atoms with Crippen LogP contribution in [0.2, 0.25) is 5.02 Å². The fourth-order valence-corrected chi connectivity index (χ4v) is 3.97. The quantitative estimate of drug-likeness (QED) is 0.808. The highest BCUT2D eigenvalue weighted by Crippen LogP contribution is 2.28. The van der Waals surface area contributed by atoms with Gasteiger partial charge in [-0.15, -0.1) is 11.3 Å². The van der Waals surface area contributed by atoms with Gasteiger partial charge in [0.25, 0.3) is 5.91 Å². The zero-order valence-electron chi connectivity index (χ0n) is 13.9. The van der Waals surface area contributed by atoms with E-state index in [-0.39, 0.29) is 17.9 Å². The van der Waals surface area contributed by atoms with Crippen LogP contribution in [0.15, 0.2) is 36.6 Å². The van der Waals surface area contributed by atoms with E-state index in [9.17, 15) is 9.59 Å². The Bertz CT molecular complexity index is 833. The van der Waals surface area contributed by atoms with Gasteiger partial charge >= 0.3 is 6.09 Å². The number of rotatable bonds is 4. The molecule has 2 amide bonds. The van der Waals surface area contributed by atoms with Gasteiger partial charge in [0, 0.05) is 29.4 Å². The lowest BCUT2D eigenvalue weighted by Gasteiger charge is -2.16. The number of hydrogen-bond donors (Lipinski definition) is 1. The molecular formula is C18H19ClN2O3S. The number of nitrogens with zero attached hydrogens (tertiary/aromatic N) is 1. The first-order valence-electron chi connectivity index (χ1n) is 8.02. The van der Waals surface area contributed by atoms with E-state index >= 15 is 0 Å². The van der Waals surface area contributed by atoms with E-state index in [4.69, 9.17) is 16.3 Å². The molecule has 1 aliphatic heterocycles. The van der Waals surface area contributed by atoms with Crippen molar-refractivity contribution in [1.29, 1.82) is 0 Å². The molecule has 1 N–H and O–H groups in total. The fourth-order valence-electron chi connectivity index (χ4n) is 2.83. The summed E-state index contributed by atoms with van der Waals surface area (Å²) < 4.78 is 6.05. The summed E-state index contributed by atoms with van der Waals surface area (Å²) in [6, 6.07) is 7.44. The minimum atomic E-state index is -0.372. The molecule has 1 fully saturated rings. The second-order valence-electron chi connectivity index (χ2n) is 6.17. The summed E-state index contributed by atoms with van der Waals surface area (Å²) >= 11 is 7.43. The minimum Gasteiger partial charge on any atom is -0.416 e. The number of likely N-dealkylation sites (tertiary alicyclic amines) is 1. The normalized spacial score (nSPS) is 16.9. The summed E-state index contributed by atoms with van der Waals surface area (Å²) in [7, 11) is 0. The molecular weight excluding hydrogens is 360 g/mol. The van der Waals surface area contributed by atoms with E-state index in [0.29, 0.717) is 35.3 Å². The standard InChI is InChI=1S/C18H19ClN2O3S/c1-11(2)24-18(23)21-6-5-12(10-21)9-20-17(22)16-8-13-7-14(19)3-4-15(13)25-16/h3-4,7-8,12H,1,5-6,9-10H2,2H3,(H,20,22)/t12-/m1/s1. The highest BCUT2D eigenvalue weighted by atomic mass is 35.5. The van der Waals surface area contributed by atoms with Crippen molar-refractivity contribution in [2.24, 2.45) is 5.92 Å². The maximum Gasteiger partial charge on any atom is 0.414 e. The zero-order valence-corrected chi connectivity index (χ0v) is 15.5. The first kappa shape index (κ1) is 17.8. The third-order valence-corrected chi connectivity index (χ3v) is 5.41. The van der Waals surface area contributed by atoms with Crippen LogP contribution in [0.25, 0.3) is 10.1 Å². The molecule has 1 aromatic carbocycles. The molecule has 1 atom stereocenters. The predicted octanol–water partition coefficient (Wildman–Crippen LogP) is 4.28. The van der Waals surface area contributed by atoms with Crippen LogP contribution in [-0.4, -0.2) is 36.5 Å². The molecule has 2 aromatic rings. The molecule has 0 spiro atoms. The Balaban J connectivity index is 1.54. The van der Waals surface area contributed by atoms with Crippen LogP contribution in [0, 0.1) is 5.92 Å². The molecule has 0 unspecified atom stereocenters. The maximum atomic E-state index is 12.4. The Morgan fingerprint density at radius 1 is 1.44 bits per heavy atom. The van der Waals surface area contributed by atoms with Gasteiger partial charge in [0.05, 0.1) is 10.6 Å². The number of amides is 2. The van der Waals surface area contributed by atoms with E-state index in [2.05, 4.69) is 11.9 Å². The lowest BCUT2D eigenvalue weighted by molar-refractivity contribution is 0.0951. The SMILES string of the molecule is C=C(C)OC(=O)N1CC[C@H](CNC(=O)c2cc3cc(Cl)ccc3s2)C1. The molecule has 0 radical (unpaired) electrons. The smallest absolute Gasteiger partial charge is 0.414 e. The molecule has 0 aliphatic carbocycles. The van der Waals surface area contributed by atoms with Crippen molar-refractivity contribution in [2.45, 2.75) is 13.3 Å². The van der Waals surface area contributed by atoms with Crippen LogP contribution in [0.5, 0.6) is 0 Å². The largest absolute Gasteiger partial charge is 0.416 e. The molecule has 1 aromatic heterocycles. The van der Waals surface area contributed by atoms with Crippen molar-refractivity contribution in [3.05, 3.63) is 46.5 Å². The molecule has 0 bridgehead atoms. The molecule has 3 rings (SSSR count). The fraction of sp³-hybridized carbons (Fsp3) is 0.333. The Morgan fingerprint density at radius 2 is 2.24 bits per heavy atom. The van der Waals surface area contributed by atoms with Crippen LogP contribution >= 0.6 is 22.9 Å². The second-order valence-corrected chi connectivity index (χ2v) is 7.69. The molecule has 25 heavy (non-hydrogen) atoms. The zero-order chi connectivity index (χ0) is 18.0. The third kappa shape index (κ3) is 4.32. The van der Waals surface area contributed by atoms with E-state index in [1.165, 1.54) is 11.3 Å². The predicted molar refractivity (Wildman–Crippen MR) is 100 cm³/mol. The van der Waals surface area contributed by atoms with Crippen molar-refractivity contribution >= 4 is 45.0 Å². The first-order valence-corrected chi connectivity index (χ1v) is 9.21. The number of carbonyl (C=O) groups is 2. The summed E-state index contributed by atoms with van der Waals surface area (Å²) in [6.45, 7) is 6.95. The molecule has 1 saturated heterocycles. The van der Waals surface area contributed by atoms with Crippen molar-refractivity contribution < 1.29 is 14.3 Å². The van der Waals surface area contributed by atoms with Gasteiger partial charge in [0.15, 0.2) is 0 Å². The average molecular weight is 379 g/mol. The van der Waals surface area contributed by atoms with E-state index < -0.39 is 0 Å². The summed E-state index contributed by atoms with van der Waals surface area (Å²) in [6.07, 6.45) is 0.468. The van der Waals surface area contributed by atoms with Gasteiger partial charge in [-0.3, -0.25) is 4.79 Å². The number of allylic oxidation sites excluding steroid dienone is 1. The molecule has 0 saturated carbocycles.